The predicted octanol–water partition coefficient (Wildman–Crippen LogP) is 1.88. The Morgan fingerprint density at radius 2 is 1.94 bits per heavy atom. The highest BCUT2D eigenvalue weighted by Crippen LogP contribution is 2.20. The van der Waals surface area contributed by atoms with E-state index in [0.29, 0.717) is 4.99 Å². The molecule has 0 fully saturated rings. The van der Waals surface area contributed by atoms with Gasteiger partial charge in [0.2, 0.25) is 0 Å². The molecule has 0 amide bonds. The molecule has 0 radical (unpaired) electrons. The Hall–Kier alpha value is -2.01. The molecule has 2 aromatic rings. The third-order valence-corrected chi connectivity index (χ3v) is 2.67. The zero-order chi connectivity index (χ0) is 12.3. The van der Waals surface area contributed by atoms with Crippen molar-refractivity contribution in [2.45, 2.75) is 0 Å². The summed E-state index contributed by atoms with van der Waals surface area (Å²) in [5, 5.41) is 0. The van der Waals surface area contributed by atoms with Crippen molar-refractivity contribution >= 4 is 28.7 Å². The van der Waals surface area contributed by atoms with E-state index in [1.165, 1.54) is 0 Å². The highest BCUT2D eigenvalue weighted by atomic mass is 32.1. The second-order valence-corrected chi connectivity index (χ2v) is 3.97. The lowest BCUT2D eigenvalue weighted by molar-refractivity contribution is 1.09. The lowest BCUT2D eigenvalue weighted by Gasteiger charge is -2.17. The van der Waals surface area contributed by atoms with Gasteiger partial charge in [0, 0.05) is 30.7 Å². The van der Waals surface area contributed by atoms with Crippen molar-refractivity contribution < 1.29 is 0 Å². The standard InChI is InChI=1S/C12H12N4S/c1-16(11-8-14-6-7-15-11)10-4-2-9(3-5-10)12(13)17/h2-8H,1H3,(H2,13,17). The van der Waals surface area contributed by atoms with Crippen molar-refractivity contribution in [3.8, 4) is 0 Å². The number of anilines is 2. The van der Waals surface area contributed by atoms with Crippen LogP contribution in [0.5, 0.6) is 0 Å². The van der Waals surface area contributed by atoms with E-state index in [1.54, 1.807) is 18.6 Å². The lowest BCUT2D eigenvalue weighted by atomic mass is 10.2. The summed E-state index contributed by atoms with van der Waals surface area (Å²) in [5.74, 6) is 0.788. The van der Waals surface area contributed by atoms with Crippen molar-refractivity contribution in [2.75, 3.05) is 11.9 Å². The Morgan fingerprint density at radius 1 is 1.24 bits per heavy atom. The van der Waals surface area contributed by atoms with Gasteiger partial charge in [0.05, 0.1) is 6.20 Å². The van der Waals surface area contributed by atoms with Crippen LogP contribution in [0.25, 0.3) is 0 Å². The highest BCUT2D eigenvalue weighted by Gasteiger charge is 2.05. The smallest absolute Gasteiger partial charge is 0.151 e. The van der Waals surface area contributed by atoms with Gasteiger partial charge in [0.15, 0.2) is 5.82 Å². The van der Waals surface area contributed by atoms with Gasteiger partial charge in [-0.05, 0) is 24.3 Å². The fourth-order valence-electron chi connectivity index (χ4n) is 1.45. The molecule has 2 N–H and O–H groups in total. The van der Waals surface area contributed by atoms with E-state index in [0.717, 1.165) is 17.1 Å². The summed E-state index contributed by atoms with van der Waals surface area (Å²) in [4.78, 5) is 10.6. The summed E-state index contributed by atoms with van der Waals surface area (Å²) in [6, 6.07) is 7.68. The maximum Gasteiger partial charge on any atom is 0.151 e. The van der Waals surface area contributed by atoms with E-state index in [9.17, 15) is 0 Å². The van der Waals surface area contributed by atoms with Crippen LogP contribution in [-0.2, 0) is 0 Å². The predicted molar refractivity (Wildman–Crippen MR) is 72.4 cm³/mol. The molecule has 86 valence electrons. The first kappa shape index (κ1) is 11.5. The topological polar surface area (TPSA) is 55.0 Å². The average molecular weight is 244 g/mol. The quantitative estimate of drug-likeness (QED) is 0.835. The molecule has 0 aliphatic rings. The normalized spacial score (nSPS) is 9.94. The van der Waals surface area contributed by atoms with Crippen molar-refractivity contribution in [1.82, 2.24) is 9.97 Å². The van der Waals surface area contributed by atoms with E-state index in [1.807, 2.05) is 36.2 Å². The molecule has 1 heterocycles. The molecule has 5 heteroatoms. The third-order valence-electron chi connectivity index (χ3n) is 2.43. The zero-order valence-electron chi connectivity index (χ0n) is 9.37. The van der Waals surface area contributed by atoms with E-state index < -0.39 is 0 Å². The number of nitrogens with zero attached hydrogens (tertiary/aromatic N) is 3. The minimum absolute atomic E-state index is 0.402. The molecular formula is C12H12N4S. The summed E-state index contributed by atoms with van der Waals surface area (Å²) in [6.45, 7) is 0. The number of hydrogen-bond donors (Lipinski definition) is 1. The molecule has 4 nitrogen and oxygen atoms in total. The fraction of sp³-hybridized carbons (Fsp3) is 0.0833. The van der Waals surface area contributed by atoms with E-state index in [-0.39, 0.29) is 0 Å². The van der Waals surface area contributed by atoms with Gasteiger partial charge in [0.25, 0.3) is 0 Å². The van der Waals surface area contributed by atoms with Crippen LogP contribution in [0.15, 0.2) is 42.9 Å². The highest BCUT2D eigenvalue weighted by molar-refractivity contribution is 7.80. The van der Waals surface area contributed by atoms with Crippen molar-refractivity contribution in [3.05, 3.63) is 48.4 Å². The Kier molecular flexibility index (Phi) is 3.30. The minimum Gasteiger partial charge on any atom is -0.389 e. The Labute approximate surface area is 105 Å². The van der Waals surface area contributed by atoms with Crippen LogP contribution in [0, 0.1) is 0 Å². The lowest BCUT2D eigenvalue weighted by Crippen LogP contribution is -2.12. The van der Waals surface area contributed by atoms with E-state index in [4.69, 9.17) is 18.0 Å². The number of nitrogens with two attached hydrogens (primary N) is 1. The summed E-state index contributed by atoms with van der Waals surface area (Å²) in [7, 11) is 1.93. The maximum absolute atomic E-state index is 5.55. The van der Waals surface area contributed by atoms with Gasteiger partial charge in [0.1, 0.15) is 4.99 Å². The Morgan fingerprint density at radius 3 is 2.47 bits per heavy atom. The van der Waals surface area contributed by atoms with Gasteiger partial charge < -0.3 is 10.6 Å². The molecule has 2 rings (SSSR count). The van der Waals surface area contributed by atoms with Crippen molar-refractivity contribution in [2.24, 2.45) is 5.73 Å². The number of aromatic nitrogens is 2. The van der Waals surface area contributed by atoms with Crippen LogP contribution < -0.4 is 10.6 Å². The number of hydrogen-bond acceptors (Lipinski definition) is 4. The number of rotatable bonds is 3. The fourth-order valence-corrected chi connectivity index (χ4v) is 1.58. The van der Waals surface area contributed by atoms with E-state index >= 15 is 0 Å². The summed E-state index contributed by atoms with van der Waals surface area (Å²) in [5.41, 5.74) is 7.41. The minimum atomic E-state index is 0.402. The molecule has 0 aliphatic carbocycles. The van der Waals surface area contributed by atoms with Gasteiger partial charge in [-0.1, -0.05) is 12.2 Å². The van der Waals surface area contributed by atoms with Gasteiger partial charge in [-0.3, -0.25) is 4.98 Å². The van der Waals surface area contributed by atoms with Crippen LogP contribution in [0.4, 0.5) is 11.5 Å². The molecule has 0 aliphatic heterocycles. The molecule has 1 aromatic heterocycles. The first-order valence-corrected chi connectivity index (χ1v) is 5.49. The van der Waals surface area contributed by atoms with Crippen LogP contribution in [0.2, 0.25) is 0 Å². The molecule has 0 saturated carbocycles. The molecule has 1 aromatic carbocycles. The Balaban J connectivity index is 2.26. The second kappa shape index (κ2) is 4.88. The van der Waals surface area contributed by atoms with Gasteiger partial charge >= 0.3 is 0 Å². The van der Waals surface area contributed by atoms with E-state index in [2.05, 4.69) is 9.97 Å². The summed E-state index contributed by atoms with van der Waals surface area (Å²) >= 11 is 4.91. The van der Waals surface area contributed by atoms with Crippen LogP contribution in [0.1, 0.15) is 5.56 Å². The SMILES string of the molecule is CN(c1ccc(C(N)=S)cc1)c1cnccn1. The summed E-state index contributed by atoms with van der Waals surface area (Å²) in [6.07, 6.45) is 5.02. The van der Waals surface area contributed by atoms with Crippen molar-refractivity contribution in [1.29, 1.82) is 0 Å². The molecule has 0 saturated heterocycles. The van der Waals surface area contributed by atoms with Gasteiger partial charge in [-0.2, -0.15) is 0 Å². The average Bonchev–Trinajstić information content (AvgIpc) is 2.39. The molecule has 0 bridgehead atoms. The molecular weight excluding hydrogens is 232 g/mol. The third kappa shape index (κ3) is 2.57. The first-order chi connectivity index (χ1) is 8.18. The van der Waals surface area contributed by atoms with Gasteiger partial charge in [-0.25, -0.2) is 4.98 Å². The van der Waals surface area contributed by atoms with Crippen LogP contribution in [-0.4, -0.2) is 22.0 Å². The largest absolute Gasteiger partial charge is 0.389 e. The number of thiocarbonyl (C=S) groups is 1. The van der Waals surface area contributed by atoms with Crippen LogP contribution in [0.3, 0.4) is 0 Å². The molecule has 0 unspecified atom stereocenters. The first-order valence-electron chi connectivity index (χ1n) is 5.08. The number of benzene rings is 1. The molecule has 17 heavy (non-hydrogen) atoms. The zero-order valence-corrected chi connectivity index (χ0v) is 10.2. The van der Waals surface area contributed by atoms with Crippen molar-refractivity contribution in [3.63, 3.8) is 0 Å². The molecule has 0 spiro atoms. The monoisotopic (exact) mass is 244 g/mol. The molecule has 0 atom stereocenters. The Bertz CT molecular complexity index is 510. The second-order valence-electron chi connectivity index (χ2n) is 3.53. The van der Waals surface area contributed by atoms with Gasteiger partial charge in [-0.15, -0.1) is 0 Å². The maximum atomic E-state index is 5.55. The van der Waals surface area contributed by atoms with Crippen LogP contribution >= 0.6 is 12.2 Å². The summed E-state index contributed by atoms with van der Waals surface area (Å²) < 4.78 is 0.